The minimum atomic E-state index is 0.850. The van der Waals surface area contributed by atoms with E-state index in [2.05, 4.69) is 49.3 Å². The lowest BCUT2D eigenvalue weighted by molar-refractivity contribution is 0.434. The molecule has 0 aliphatic carbocycles. The van der Waals surface area contributed by atoms with Crippen molar-refractivity contribution in [1.29, 1.82) is 0 Å². The molecule has 1 rings (SSSR count). The summed E-state index contributed by atoms with van der Waals surface area (Å²) in [6.07, 6.45) is 4.18. The van der Waals surface area contributed by atoms with E-state index in [-0.39, 0.29) is 0 Å². The van der Waals surface area contributed by atoms with Gasteiger partial charge in [0.15, 0.2) is 0 Å². The molecule has 0 radical (unpaired) electrons. The summed E-state index contributed by atoms with van der Waals surface area (Å²) < 4.78 is 0. The normalized spacial score (nSPS) is 35.3. The molecule has 0 N–H and O–H groups in total. The van der Waals surface area contributed by atoms with E-state index in [1.165, 1.54) is 19.3 Å². The zero-order chi connectivity index (χ0) is 9.84. The fraction of sp³-hybridized carbons (Fsp3) is 1.00. The van der Waals surface area contributed by atoms with Crippen molar-refractivity contribution in [1.82, 2.24) is 0 Å². The summed E-state index contributed by atoms with van der Waals surface area (Å²) in [6.45, 7) is 9.44. The molecule has 1 saturated heterocycles. The van der Waals surface area contributed by atoms with Crippen LogP contribution >= 0.6 is 21.6 Å². The van der Waals surface area contributed by atoms with Crippen LogP contribution in [0.2, 0.25) is 0 Å². The van der Waals surface area contributed by atoms with Crippen LogP contribution in [0.3, 0.4) is 0 Å². The summed E-state index contributed by atoms with van der Waals surface area (Å²) in [5.74, 6) is 1.78. The predicted molar refractivity (Wildman–Crippen MR) is 66.3 cm³/mol. The first-order valence-electron chi connectivity index (χ1n) is 5.47. The van der Waals surface area contributed by atoms with E-state index >= 15 is 0 Å². The number of hydrogen-bond acceptors (Lipinski definition) is 2. The first-order chi connectivity index (χ1) is 6.15. The highest BCUT2D eigenvalue weighted by molar-refractivity contribution is 8.77. The summed E-state index contributed by atoms with van der Waals surface area (Å²) in [4.78, 5) is 0. The fourth-order valence-electron chi connectivity index (χ4n) is 1.80. The molecule has 3 atom stereocenters. The maximum atomic E-state index is 2.43. The highest BCUT2D eigenvalue weighted by atomic mass is 33.1. The van der Waals surface area contributed by atoms with Crippen molar-refractivity contribution in [3.8, 4) is 0 Å². The van der Waals surface area contributed by atoms with Crippen molar-refractivity contribution in [2.45, 2.75) is 57.5 Å². The van der Waals surface area contributed by atoms with E-state index < -0.39 is 0 Å². The largest absolute Gasteiger partial charge is 0.0902 e. The molecule has 78 valence electrons. The van der Waals surface area contributed by atoms with Crippen molar-refractivity contribution >= 4 is 21.6 Å². The molecule has 0 nitrogen and oxygen atoms in total. The van der Waals surface area contributed by atoms with Gasteiger partial charge in [-0.1, -0.05) is 55.7 Å². The van der Waals surface area contributed by atoms with Gasteiger partial charge in [-0.25, -0.2) is 0 Å². The van der Waals surface area contributed by atoms with Gasteiger partial charge in [0, 0.05) is 10.5 Å². The summed E-state index contributed by atoms with van der Waals surface area (Å²) in [7, 11) is 4.29. The summed E-state index contributed by atoms with van der Waals surface area (Å²) in [5.41, 5.74) is 0. The monoisotopic (exact) mass is 218 g/mol. The predicted octanol–water partition coefficient (Wildman–Crippen LogP) is 4.60. The summed E-state index contributed by atoms with van der Waals surface area (Å²) in [6, 6.07) is 0. The van der Waals surface area contributed by atoms with Crippen LogP contribution in [0.1, 0.15) is 47.0 Å². The first-order valence-corrected chi connectivity index (χ1v) is 7.74. The molecule has 2 heteroatoms. The van der Waals surface area contributed by atoms with Crippen LogP contribution in [0.25, 0.3) is 0 Å². The molecule has 1 aliphatic rings. The van der Waals surface area contributed by atoms with Gasteiger partial charge in [0.2, 0.25) is 0 Å². The van der Waals surface area contributed by atoms with Crippen LogP contribution in [-0.4, -0.2) is 10.5 Å². The molecule has 0 saturated carbocycles. The first kappa shape index (κ1) is 11.8. The van der Waals surface area contributed by atoms with Crippen LogP contribution in [0.15, 0.2) is 0 Å². The summed E-state index contributed by atoms with van der Waals surface area (Å²) >= 11 is 0. The van der Waals surface area contributed by atoms with Crippen molar-refractivity contribution in [2.75, 3.05) is 0 Å². The Morgan fingerprint density at radius 1 is 1.31 bits per heavy atom. The van der Waals surface area contributed by atoms with Gasteiger partial charge in [-0.3, -0.25) is 0 Å². The Bertz CT molecular complexity index is 145. The van der Waals surface area contributed by atoms with Crippen molar-refractivity contribution in [3.05, 3.63) is 0 Å². The molecule has 3 unspecified atom stereocenters. The number of rotatable bonds is 3. The Balaban J connectivity index is 2.37. The van der Waals surface area contributed by atoms with Crippen LogP contribution in [-0.2, 0) is 0 Å². The quantitative estimate of drug-likeness (QED) is 0.635. The third-order valence-electron chi connectivity index (χ3n) is 2.86. The number of hydrogen-bond donors (Lipinski definition) is 0. The molecule has 0 aromatic rings. The van der Waals surface area contributed by atoms with Gasteiger partial charge >= 0.3 is 0 Å². The minimum Gasteiger partial charge on any atom is -0.0902 e. The van der Waals surface area contributed by atoms with Crippen molar-refractivity contribution in [2.24, 2.45) is 11.8 Å². The average molecular weight is 218 g/mol. The lowest BCUT2D eigenvalue weighted by Gasteiger charge is -2.34. The molecule has 0 aromatic carbocycles. The Labute approximate surface area is 91.0 Å². The third kappa shape index (κ3) is 3.39. The van der Waals surface area contributed by atoms with E-state index in [0.717, 1.165) is 22.3 Å². The summed E-state index contributed by atoms with van der Waals surface area (Å²) in [5, 5.41) is 1.82. The Morgan fingerprint density at radius 2 is 2.00 bits per heavy atom. The van der Waals surface area contributed by atoms with E-state index in [1.54, 1.807) is 0 Å². The second kappa shape index (κ2) is 5.55. The van der Waals surface area contributed by atoms with E-state index in [1.807, 2.05) is 0 Å². The highest BCUT2D eigenvalue weighted by Crippen LogP contribution is 2.47. The molecule has 1 aliphatic heterocycles. The maximum absolute atomic E-state index is 2.43. The molecule has 1 heterocycles. The standard InChI is InChI=1S/C11H22S2/c1-5-6-10-9(4)7-11(8(2)3)13-12-10/h8-11H,5-7H2,1-4H3. The topological polar surface area (TPSA) is 0 Å². The van der Waals surface area contributed by atoms with Crippen LogP contribution < -0.4 is 0 Å². The van der Waals surface area contributed by atoms with Gasteiger partial charge < -0.3 is 0 Å². The molecular weight excluding hydrogens is 196 g/mol. The lowest BCUT2D eigenvalue weighted by Crippen LogP contribution is -2.26. The zero-order valence-corrected chi connectivity index (χ0v) is 10.9. The maximum Gasteiger partial charge on any atom is 0.0177 e. The smallest absolute Gasteiger partial charge is 0.0177 e. The Kier molecular flexibility index (Phi) is 5.03. The lowest BCUT2D eigenvalue weighted by atomic mass is 9.94. The van der Waals surface area contributed by atoms with Gasteiger partial charge in [0.1, 0.15) is 0 Å². The van der Waals surface area contributed by atoms with Gasteiger partial charge in [0.25, 0.3) is 0 Å². The van der Waals surface area contributed by atoms with Crippen molar-refractivity contribution in [3.63, 3.8) is 0 Å². The molecular formula is C11H22S2. The van der Waals surface area contributed by atoms with E-state index in [4.69, 9.17) is 0 Å². The van der Waals surface area contributed by atoms with Gasteiger partial charge in [-0.05, 0) is 24.7 Å². The molecule has 0 amide bonds. The fourth-order valence-corrected chi connectivity index (χ4v) is 5.93. The van der Waals surface area contributed by atoms with E-state index in [9.17, 15) is 0 Å². The minimum absolute atomic E-state index is 0.850. The Hall–Kier alpha value is 0.700. The van der Waals surface area contributed by atoms with Crippen molar-refractivity contribution < 1.29 is 0 Å². The van der Waals surface area contributed by atoms with Crippen LogP contribution in [0.5, 0.6) is 0 Å². The Morgan fingerprint density at radius 3 is 2.46 bits per heavy atom. The van der Waals surface area contributed by atoms with Gasteiger partial charge in [-0.2, -0.15) is 0 Å². The molecule has 0 bridgehead atoms. The molecule has 13 heavy (non-hydrogen) atoms. The second-order valence-corrected chi connectivity index (χ2v) is 7.27. The molecule has 1 fully saturated rings. The van der Waals surface area contributed by atoms with E-state index in [0.29, 0.717) is 0 Å². The van der Waals surface area contributed by atoms with Crippen LogP contribution in [0.4, 0.5) is 0 Å². The van der Waals surface area contributed by atoms with Gasteiger partial charge in [-0.15, -0.1) is 0 Å². The second-order valence-electron chi connectivity index (χ2n) is 4.52. The average Bonchev–Trinajstić information content (AvgIpc) is 2.08. The molecule has 0 aromatic heterocycles. The van der Waals surface area contributed by atoms with Crippen LogP contribution in [0, 0.1) is 11.8 Å². The highest BCUT2D eigenvalue weighted by Gasteiger charge is 2.29. The van der Waals surface area contributed by atoms with Gasteiger partial charge in [0.05, 0.1) is 0 Å². The SMILES string of the molecule is CCCC1SSC(C(C)C)CC1C. The zero-order valence-electron chi connectivity index (χ0n) is 9.25. The third-order valence-corrected chi connectivity index (χ3v) is 6.72. The molecule has 0 spiro atoms.